The summed E-state index contributed by atoms with van der Waals surface area (Å²) in [6.45, 7) is 2.41. The molecule has 0 unspecified atom stereocenters. The normalized spacial score (nSPS) is 10.5. The van der Waals surface area contributed by atoms with E-state index in [0.717, 1.165) is 12.0 Å². The molecule has 3 rings (SSSR count). The van der Waals surface area contributed by atoms with E-state index in [4.69, 9.17) is 0 Å². The maximum atomic E-state index is 4.42. The quantitative estimate of drug-likeness (QED) is 0.518. The third-order valence-electron chi connectivity index (χ3n) is 3.28. The number of benzene rings is 2. The first-order chi connectivity index (χ1) is 10.4. The Hall–Kier alpha value is -1.92. The first-order valence-corrected chi connectivity index (χ1v) is 8.47. The van der Waals surface area contributed by atoms with Gasteiger partial charge in [-0.15, -0.1) is 0 Å². The molecule has 3 aromatic rings. The van der Waals surface area contributed by atoms with Crippen molar-refractivity contribution in [3.8, 4) is 0 Å². The van der Waals surface area contributed by atoms with Gasteiger partial charge in [-0.2, -0.15) is 0 Å². The van der Waals surface area contributed by atoms with Crippen LogP contribution in [-0.4, -0.2) is 12.0 Å². The zero-order valence-electron chi connectivity index (χ0n) is 11.8. The maximum Gasteiger partial charge on any atom is 0.165 e. The van der Waals surface area contributed by atoms with Gasteiger partial charge in [0.15, 0.2) is 7.00 Å². The smallest absolute Gasteiger partial charge is 0.165 e. The molecule has 0 atom stereocenters. The van der Waals surface area contributed by atoms with Crippen molar-refractivity contribution in [2.45, 2.75) is 6.32 Å². The van der Waals surface area contributed by atoms with Gasteiger partial charge in [-0.05, 0) is 29.1 Å². The van der Waals surface area contributed by atoms with Crippen LogP contribution in [-0.2, 0) is 6.32 Å². The highest BCUT2D eigenvalue weighted by molar-refractivity contribution is 7.97. The highest BCUT2D eigenvalue weighted by Gasteiger charge is 2.14. The second-order valence-corrected chi connectivity index (χ2v) is 6.89. The second-order valence-electron chi connectivity index (χ2n) is 4.75. The first kappa shape index (κ1) is 14.0. The molecule has 0 spiro atoms. The number of rotatable bonds is 5. The van der Waals surface area contributed by atoms with Crippen molar-refractivity contribution in [3.05, 3.63) is 90.8 Å². The Morgan fingerprint density at radius 2 is 1.29 bits per heavy atom. The van der Waals surface area contributed by atoms with E-state index in [1.807, 2.05) is 18.3 Å². The van der Waals surface area contributed by atoms with E-state index in [2.05, 4.69) is 78.7 Å². The van der Waals surface area contributed by atoms with E-state index < -0.39 is 7.80 Å². The van der Waals surface area contributed by atoms with Crippen LogP contribution in [0.25, 0.3) is 0 Å². The summed E-state index contributed by atoms with van der Waals surface area (Å²) < 4.78 is 0. The number of pyridine rings is 1. The van der Waals surface area contributed by atoms with Gasteiger partial charge < -0.3 is 0 Å². The molecule has 1 aromatic heterocycles. The highest BCUT2D eigenvalue weighted by atomic mass is 31.1. The van der Waals surface area contributed by atoms with E-state index in [1.54, 1.807) is 0 Å². The van der Waals surface area contributed by atoms with Crippen LogP contribution >= 0.6 is 7.80 Å². The zero-order chi connectivity index (χ0) is 14.3. The van der Waals surface area contributed by atoms with E-state index in [0.29, 0.717) is 0 Å². The van der Waals surface area contributed by atoms with Gasteiger partial charge in [0.25, 0.3) is 0 Å². The van der Waals surface area contributed by atoms with Crippen molar-refractivity contribution in [2.24, 2.45) is 0 Å². The lowest BCUT2D eigenvalue weighted by atomic mass is 9.99. The van der Waals surface area contributed by atoms with Crippen LogP contribution in [0.2, 0.25) is 0 Å². The van der Waals surface area contributed by atoms with E-state index in [-0.39, 0.29) is 0 Å². The van der Waals surface area contributed by atoms with Gasteiger partial charge in [0.2, 0.25) is 0 Å². The maximum absolute atomic E-state index is 4.42. The average Bonchev–Trinajstić information content (AvgIpc) is 2.58. The third-order valence-corrected chi connectivity index (χ3v) is 5.53. The van der Waals surface area contributed by atoms with Gasteiger partial charge >= 0.3 is 0 Å². The van der Waals surface area contributed by atoms with Gasteiger partial charge in [-0.3, -0.25) is 4.98 Å². The molecule has 3 heteroatoms. The van der Waals surface area contributed by atoms with Crippen LogP contribution < -0.4 is 10.6 Å². The van der Waals surface area contributed by atoms with Gasteiger partial charge in [0.05, 0.1) is 0 Å². The SMILES string of the molecule is [B](Cc1ccccn1)P(c1ccccc1)c1ccccc1. The van der Waals surface area contributed by atoms with Gasteiger partial charge in [-0.1, -0.05) is 74.5 Å². The molecule has 0 fully saturated rings. The number of nitrogens with zero attached hydrogens (tertiary/aromatic N) is 1. The minimum Gasteiger partial charge on any atom is -0.262 e. The van der Waals surface area contributed by atoms with Gasteiger partial charge in [0, 0.05) is 11.9 Å². The van der Waals surface area contributed by atoms with E-state index in [9.17, 15) is 0 Å². The standard InChI is InChI=1S/C18H16BNP/c1-3-10-17(11-4-1)21(18-12-5-2-6-13-18)19-15-16-9-7-8-14-20-16/h1-14H,15H2. The Morgan fingerprint density at radius 1 is 0.714 bits per heavy atom. The molecule has 0 bridgehead atoms. The van der Waals surface area contributed by atoms with Crippen LogP contribution in [0.5, 0.6) is 0 Å². The summed E-state index contributed by atoms with van der Waals surface area (Å²) in [6.07, 6.45) is 2.76. The fourth-order valence-electron chi connectivity index (χ4n) is 2.24. The molecule has 0 saturated carbocycles. The molecule has 0 N–H and O–H groups in total. The molecular formula is C18H16BNP. The Bertz CT molecular complexity index is 619. The van der Waals surface area contributed by atoms with Crippen LogP contribution in [0.15, 0.2) is 85.1 Å². The molecule has 2 aromatic carbocycles. The van der Waals surface area contributed by atoms with Crippen molar-refractivity contribution in [1.29, 1.82) is 0 Å². The van der Waals surface area contributed by atoms with Crippen molar-refractivity contribution in [2.75, 3.05) is 0 Å². The lowest BCUT2D eigenvalue weighted by Gasteiger charge is -2.18. The molecule has 101 valence electrons. The van der Waals surface area contributed by atoms with E-state index in [1.165, 1.54) is 10.6 Å². The predicted molar refractivity (Wildman–Crippen MR) is 92.8 cm³/mol. The molecule has 1 heterocycles. The number of hydrogen-bond acceptors (Lipinski definition) is 1. The Labute approximate surface area is 128 Å². The molecule has 0 amide bonds. The topological polar surface area (TPSA) is 12.9 Å². The van der Waals surface area contributed by atoms with Crippen LogP contribution in [0.4, 0.5) is 0 Å². The fourth-order valence-corrected chi connectivity index (χ4v) is 4.32. The fraction of sp³-hybridized carbons (Fsp3) is 0.0556. The lowest BCUT2D eigenvalue weighted by molar-refractivity contribution is 1.17. The molecule has 1 nitrogen and oxygen atoms in total. The lowest BCUT2D eigenvalue weighted by Crippen LogP contribution is -2.17. The molecule has 0 aliphatic carbocycles. The minimum absolute atomic E-state index is 0.440. The summed E-state index contributed by atoms with van der Waals surface area (Å²) in [4.78, 5) is 4.42. The minimum atomic E-state index is -0.440. The molecule has 0 saturated heterocycles. The summed E-state index contributed by atoms with van der Waals surface area (Å²) in [6, 6.07) is 27.5. The summed E-state index contributed by atoms with van der Waals surface area (Å²) in [5.74, 6) is 0. The first-order valence-electron chi connectivity index (χ1n) is 7.06. The van der Waals surface area contributed by atoms with Gasteiger partial charge in [0.1, 0.15) is 0 Å². The van der Waals surface area contributed by atoms with Crippen molar-refractivity contribution in [1.82, 2.24) is 4.98 Å². The Kier molecular flexibility index (Phi) is 4.81. The second kappa shape index (κ2) is 7.20. The highest BCUT2D eigenvalue weighted by Crippen LogP contribution is 2.31. The summed E-state index contributed by atoms with van der Waals surface area (Å²) in [5, 5.41) is 2.77. The zero-order valence-corrected chi connectivity index (χ0v) is 12.7. The molecule has 0 aliphatic heterocycles. The summed E-state index contributed by atoms with van der Waals surface area (Å²) in [7, 11) is -0.440. The average molecular weight is 288 g/mol. The Balaban J connectivity index is 1.83. The number of hydrogen-bond donors (Lipinski definition) is 0. The third kappa shape index (κ3) is 3.80. The number of aromatic nitrogens is 1. The molecule has 0 aliphatic rings. The Morgan fingerprint density at radius 3 is 1.81 bits per heavy atom. The predicted octanol–water partition coefficient (Wildman–Crippen LogP) is 3.33. The van der Waals surface area contributed by atoms with Crippen LogP contribution in [0, 0.1) is 0 Å². The largest absolute Gasteiger partial charge is 0.262 e. The van der Waals surface area contributed by atoms with Crippen molar-refractivity contribution in [3.63, 3.8) is 0 Å². The molecular weight excluding hydrogens is 272 g/mol. The molecule has 1 radical (unpaired) electrons. The van der Waals surface area contributed by atoms with Crippen LogP contribution in [0.1, 0.15) is 5.69 Å². The van der Waals surface area contributed by atoms with Gasteiger partial charge in [-0.25, -0.2) is 0 Å². The summed E-state index contributed by atoms with van der Waals surface area (Å²) >= 11 is 0. The van der Waals surface area contributed by atoms with Crippen molar-refractivity contribution < 1.29 is 0 Å². The molecule has 21 heavy (non-hydrogen) atoms. The van der Waals surface area contributed by atoms with E-state index >= 15 is 0 Å². The van der Waals surface area contributed by atoms with Crippen LogP contribution in [0.3, 0.4) is 0 Å². The monoisotopic (exact) mass is 288 g/mol. The summed E-state index contributed by atoms with van der Waals surface area (Å²) in [5.41, 5.74) is 1.12. The van der Waals surface area contributed by atoms with Crippen molar-refractivity contribution >= 4 is 25.4 Å².